The van der Waals surface area contributed by atoms with Gasteiger partial charge in [-0.1, -0.05) is 6.42 Å². The van der Waals surface area contributed by atoms with Gasteiger partial charge in [0, 0.05) is 24.0 Å². The second kappa shape index (κ2) is 7.09. The molecule has 168 valence electrons. The molecule has 31 heavy (non-hydrogen) atoms. The van der Waals surface area contributed by atoms with Gasteiger partial charge in [-0.2, -0.15) is 0 Å². The molecule has 0 aliphatic heterocycles. The number of sulfonamides is 1. The van der Waals surface area contributed by atoms with Gasteiger partial charge in [-0.15, -0.1) is 0 Å². The van der Waals surface area contributed by atoms with Gasteiger partial charge in [-0.05, 0) is 93.4 Å². The Hall–Kier alpha value is -1.83. The first-order valence-electron chi connectivity index (χ1n) is 11.9. The highest BCUT2D eigenvalue weighted by Gasteiger charge is 2.51. The summed E-state index contributed by atoms with van der Waals surface area (Å²) in [5, 5.41) is 6.55. The highest BCUT2D eigenvalue weighted by Crippen LogP contribution is 2.55. The van der Waals surface area contributed by atoms with Crippen molar-refractivity contribution in [2.75, 3.05) is 5.32 Å². The molecule has 6 aliphatic rings. The SMILES string of the molecule is O=C(NC12CC3CC(CC(C3)C1)C2)NS(=O)(=O)c1cnccc1N[C@@H]1C[C@H]2CC[C@@H]1C2. The Morgan fingerprint density at radius 2 is 1.68 bits per heavy atom. The summed E-state index contributed by atoms with van der Waals surface area (Å²) in [6.45, 7) is 0. The smallest absolute Gasteiger partial charge is 0.329 e. The Bertz CT molecular complexity index is 959. The lowest BCUT2D eigenvalue weighted by molar-refractivity contribution is -0.0132. The van der Waals surface area contributed by atoms with Crippen molar-refractivity contribution in [2.45, 2.75) is 80.7 Å². The lowest BCUT2D eigenvalue weighted by atomic mass is 9.53. The normalized spacial score (nSPS) is 40.1. The van der Waals surface area contributed by atoms with Crippen LogP contribution >= 0.6 is 0 Å². The van der Waals surface area contributed by atoms with E-state index in [1.807, 2.05) is 0 Å². The van der Waals surface area contributed by atoms with Crippen LogP contribution in [0, 0.1) is 29.6 Å². The molecular formula is C23H32N4O3S. The Morgan fingerprint density at radius 1 is 0.968 bits per heavy atom. The third kappa shape index (κ3) is 3.60. The molecule has 1 heterocycles. The minimum atomic E-state index is -4.02. The van der Waals surface area contributed by atoms with E-state index in [4.69, 9.17) is 0 Å². The zero-order chi connectivity index (χ0) is 21.2. The molecule has 3 N–H and O–H groups in total. The van der Waals surface area contributed by atoms with Gasteiger partial charge in [0.1, 0.15) is 4.90 Å². The van der Waals surface area contributed by atoms with Crippen LogP contribution in [0.5, 0.6) is 0 Å². The predicted octanol–water partition coefficient (Wildman–Crippen LogP) is 3.64. The number of hydrogen-bond donors (Lipinski definition) is 3. The lowest BCUT2D eigenvalue weighted by Gasteiger charge is -2.56. The van der Waals surface area contributed by atoms with Crippen LogP contribution < -0.4 is 15.4 Å². The van der Waals surface area contributed by atoms with Gasteiger partial charge < -0.3 is 10.6 Å². The standard InChI is InChI=1S/C23H32N4O3S/c28-22(26-23-10-15-5-16(11-23)7-17(6-15)12-23)27-31(29,30)21-13-24-4-3-19(21)25-20-9-14-1-2-18(20)8-14/h3-4,13-18,20H,1-2,5-12H2,(H,24,25)(H2,26,27,28)/t14-,15?,16?,17?,18+,20+,23?/m0/s1. The fourth-order valence-electron chi connectivity index (χ4n) is 8.04. The van der Waals surface area contributed by atoms with Gasteiger partial charge in [0.15, 0.2) is 0 Å². The summed E-state index contributed by atoms with van der Waals surface area (Å²) < 4.78 is 28.6. The van der Waals surface area contributed by atoms with Gasteiger partial charge in [0.25, 0.3) is 10.0 Å². The van der Waals surface area contributed by atoms with E-state index >= 15 is 0 Å². The predicted molar refractivity (Wildman–Crippen MR) is 117 cm³/mol. The van der Waals surface area contributed by atoms with Gasteiger partial charge in [-0.25, -0.2) is 17.9 Å². The van der Waals surface area contributed by atoms with Crippen LogP contribution in [0.1, 0.15) is 64.2 Å². The van der Waals surface area contributed by atoms with Crippen LogP contribution in [0.2, 0.25) is 0 Å². The molecule has 0 unspecified atom stereocenters. The lowest BCUT2D eigenvalue weighted by Crippen LogP contribution is -2.61. The first-order chi connectivity index (χ1) is 14.9. The summed E-state index contributed by atoms with van der Waals surface area (Å²) in [5.41, 5.74) is 0.315. The molecule has 7 rings (SSSR count). The quantitative estimate of drug-likeness (QED) is 0.644. The average molecular weight is 445 g/mol. The molecule has 6 aliphatic carbocycles. The molecule has 3 atom stereocenters. The second-order valence-corrected chi connectivity index (χ2v) is 12.7. The molecule has 0 saturated heterocycles. The molecule has 0 aromatic carbocycles. The number of aromatic nitrogens is 1. The van der Waals surface area contributed by atoms with Crippen molar-refractivity contribution in [1.82, 2.24) is 15.0 Å². The Balaban J connectivity index is 1.16. The zero-order valence-corrected chi connectivity index (χ0v) is 18.7. The number of urea groups is 1. The molecule has 0 radical (unpaired) electrons. The van der Waals surface area contributed by atoms with E-state index in [9.17, 15) is 13.2 Å². The molecule has 8 heteroatoms. The number of carbonyl (C=O) groups is 1. The fourth-order valence-corrected chi connectivity index (χ4v) is 9.06. The van der Waals surface area contributed by atoms with Gasteiger partial charge in [0.05, 0.1) is 5.69 Å². The largest absolute Gasteiger partial charge is 0.381 e. The number of carbonyl (C=O) groups excluding carboxylic acids is 1. The second-order valence-electron chi connectivity index (χ2n) is 11.1. The number of anilines is 1. The van der Waals surface area contributed by atoms with Crippen molar-refractivity contribution < 1.29 is 13.2 Å². The summed E-state index contributed by atoms with van der Waals surface area (Å²) in [4.78, 5) is 16.9. The van der Waals surface area contributed by atoms with E-state index < -0.39 is 16.1 Å². The number of nitrogens with one attached hydrogen (secondary N) is 3. The molecule has 1 aromatic heterocycles. The van der Waals surface area contributed by atoms with Crippen LogP contribution in [0.4, 0.5) is 10.5 Å². The van der Waals surface area contributed by atoms with Gasteiger partial charge >= 0.3 is 6.03 Å². The first kappa shape index (κ1) is 19.8. The first-order valence-corrected chi connectivity index (χ1v) is 13.4. The summed E-state index contributed by atoms with van der Waals surface area (Å²) in [7, 11) is -4.02. The fraction of sp³-hybridized carbons (Fsp3) is 0.739. The van der Waals surface area contributed by atoms with Crippen molar-refractivity contribution in [3.05, 3.63) is 18.5 Å². The van der Waals surface area contributed by atoms with Crippen LogP contribution in [0.3, 0.4) is 0 Å². The molecular weight excluding hydrogens is 412 g/mol. The summed E-state index contributed by atoms with van der Waals surface area (Å²) in [5.74, 6) is 3.41. The Morgan fingerprint density at radius 3 is 2.29 bits per heavy atom. The third-order valence-corrected chi connectivity index (χ3v) is 10.2. The summed E-state index contributed by atoms with van der Waals surface area (Å²) >= 11 is 0. The van der Waals surface area contributed by atoms with Gasteiger partial charge in [0.2, 0.25) is 0 Å². The molecule has 0 spiro atoms. The highest BCUT2D eigenvalue weighted by atomic mass is 32.2. The zero-order valence-electron chi connectivity index (χ0n) is 17.8. The van der Waals surface area contributed by atoms with E-state index in [1.54, 1.807) is 12.3 Å². The maximum atomic E-state index is 13.1. The third-order valence-electron chi connectivity index (χ3n) is 8.80. The molecule has 1 aromatic rings. The maximum Gasteiger partial charge on any atom is 0.329 e. The molecule has 2 amide bonds. The number of amides is 2. The van der Waals surface area contributed by atoms with E-state index in [0.29, 0.717) is 35.4 Å². The van der Waals surface area contributed by atoms with Crippen molar-refractivity contribution in [1.29, 1.82) is 0 Å². The van der Waals surface area contributed by atoms with Crippen molar-refractivity contribution >= 4 is 21.7 Å². The number of hydrogen-bond acceptors (Lipinski definition) is 5. The Labute approximate surface area is 184 Å². The number of nitrogens with zero attached hydrogens (tertiary/aromatic N) is 1. The van der Waals surface area contributed by atoms with Gasteiger partial charge in [-0.3, -0.25) is 4.98 Å². The topological polar surface area (TPSA) is 100 Å². The molecule has 6 bridgehead atoms. The Kier molecular flexibility index (Phi) is 4.53. The van der Waals surface area contributed by atoms with Crippen LogP contribution in [0.25, 0.3) is 0 Å². The van der Waals surface area contributed by atoms with E-state index in [-0.39, 0.29) is 10.4 Å². The number of fused-ring (bicyclic) bond motifs is 2. The van der Waals surface area contributed by atoms with Crippen LogP contribution in [0.15, 0.2) is 23.4 Å². The summed E-state index contributed by atoms with van der Waals surface area (Å²) in [6.07, 6.45) is 14.5. The van der Waals surface area contributed by atoms with Crippen LogP contribution in [-0.2, 0) is 10.0 Å². The minimum Gasteiger partial charge on any atom is -0.381 e. The van der Waals surface area contributed by atoms with Crippen molar-refractivity contribution in [3.63, 3.8) is 0 Å². The highest BCUT2D eigenvalue weighted by molar-refractivity contribution is 7.90. The monoisotopic (exact) mass is 444 g/mol. The van der Waals surface area contributed by atoms with Crippen molar-refractivity contribution in [2.24, 2.45) is 29.6 Å². The molecule has 7 nitrogen and oxygen atoms in total. The summed E-state index contributed by atoms with van der Waals surface area (Å²) in [6, 6.07) is 1.41. The van der Waals surface area contributed by atoms with E-state index in [0.717, 1.165) is 31.6 Å². The average Bonchev–Trinajstić information content (AvgIpc) is 3.29. The molecule has 6 fully saturated rings. The van der Waals surface area contributed by atoms with Crippen LogP contribution in [-0.4, -0.2) is 31.0 Å². The number of pyridine rings is 1. The molecule has 6 saturated carbocycles. The number of rotatable bonds is 5. The van der Waals surface area contributed by atoms with Crippen molar-refractivity contribution in [3.8, 4) is 0 Å². The minimum absolute atomic E-state index is 0.0541. The maximum absolute atomic E-state index is 13.1. The van der Waals surface area contributed by atoms with E-state index in [1.165, 1.54) is 44.7 Å². The van der Waals surface area contributed by atoms with E-state index in [2.05, 4.69) is 20.3 Å².